The van der Waals surface area contributed by atoms with Crippen LogP contribution < -0.4 is 10.9 Å². The molecule has 0 saturated carbocycles. The van der Waals surface area contributed by atoms with Gasteiger partial charge in [0, 0.05) is 24.2 Å². The minimum atomic E-state index is -0.238. The van der Waals surface area contributed by atoms with Crippen LogP contribution in [-0.2, 0) is 0 Å². The van der Waals surface area contributed by atoms with E-state index in [0.717, 1.165) is 18.7 Å². The van der Waals surface area contributed by atoms with E-state index >= 15 is 0 Å². The molecule has 0 aliphatic rings. The molecule has 0 heterocycles. The number of nitrogens with zero attached hydrogens (tertiary/aromatic N) is 2. The van der Waals surface area contributed by atoms with Gasteiger partial charge in [0.15, 0.2) is 10.9 Å². The normalized spacial score (nSPS) is 10.9. The summed E-state index contributed by atoms with van der Waals surface area (Å²) in [6.07, 6.45) is 0. The van der Waals surface area contributed by atoms with Gasteiger partial charge in [0.1, 0.15) is 0 Å². The van der Waals surface area contributed by atoms with Gasteiger partial charge in [0.05, 0.1) is 0 Å². The van der Waals surface area contributed by atoms with E-state index in [9.17, 15) is 4.79 Å². The highest BCUT2D eigenvalue weighted by atomic mass is 32.1. The molecule has 0 saturated heterocycles. The molecule has 2 N–H and O–H groups in total. The lowest BCUT2D eigenvalue weighted by Crippen LogP contribution is -2.43. The third-order valence-corrected chi connectivity index (χ3v) is 3.97. The maximum absolute atomic E-state index is 12.2. The average Bonchev–Trinajstić information content (AvgIpc) is 2.67. The summed E-state index contributed by atoms with van der Waals surface area (Å²) in [5.74, 6) is 0.264. The third-order valence-electron chi connectivity index (χ3n) is 3.62. The summed E-state index contributed by atoms with van der Waals surface area (Å²) in [5, 5.41) is 0.477. The number of hydrogen-bond acceptors (Lipinski definition) is 2. The van der Waals surface area contributed by atoms with E-state index < -0.39 is 0 Å². The molecule has 0 unspecified atom stereocenters. The third kappa shape index (κ3) is 5.39. The molecule has 2 aromatic carbocycles. The van der Waals surface area contributed by atoms with Crippen LogP contribution in [0.15, 0.2) is 65.7 Å². The van der Waals surface area contributed by atoms with Crippen molar-refractivity contribution in [2.45, 2.75) is 13.8 Å². The Morgan fingerprint density at radius 1 is 0.920 bits per heavy atom. The molecule has 2 rings (SSSR count). The molecule has 25 heavy (non-hydrogen) atoms. The Bertz CT molecular complexity index is 728. The van der Waals surface area contributed by atoms with Crippen molar-refractivity contribution in [3.63, 3.8) is 0 Å². The van der Waals surface area contributed by atoms with E-state index in [1.807, 2.05) is 67.3 Å². The van der Waals surface area contributed by atoms with E-state index in [2.05, 4.69) is 15.8 Å². The van der Waals surface area contributed by atoms with Gasteiger partial charge < -0.3 is 4.90 Å². The number of benzene rings is 2. The van der Waals surface area contributed by atoms with Gasteiger partial charge in [-0.3, -0.25) is 15.6 Å². The number of amidine groups is 1. The highest BCUT2D eigenvalue weighted by Gasteiger charge is 2.10. The van der Waals surface area contributed by atoms with Crippen molar-refractivity contribution in [3.05, 3.63) is 71.8 Å². The first-order chi connectivity index (χ1) is 12.2. The topological polar surface area (TPSA) is 56.7 Å². The van der Waals surface area contributed by atoms with E-state index in [1.54, 1.807) is 12.1 Å². The summed E-state index contributed by atoms with van der Waals surface area (Å²) < 4.78 is 0. The lowest BCUT2D eigenvalue weighted by molar-refractivity contribution is 0.0944. The van der Waals surface area contributed by atoms with E-state index in [0.29, 0.717) is 16.5 Å². The maximum Gasteiger partial charge on any atom is 0.269 e. The molecular weight excluding hydrogens is 332 g/mol. The predicted octanol–water partition coefficient (Wildman–Crippen LogP) is 2.99. The van der Waals surface area contributed by atoms with Crippen molar-refractivity contribution in [3.8, 4) is 0 Å². The Balaban J connectivity index is 2.18. The predicted molar refractivity (Wildman–Crippen MR) is 106 cm³/mol. The standard InChI is InChI=1S/C19H22N4OS/c1-3-23(4-2)19(25)20-17(15-11-7-5-8-12-15)21-22-18(24)16-13-9-6-10-14-16/h5-14H,3-4H2,1-2H3,(H,22,24)(H,20,21,25). The fourth-order valence-corrected chi connectivity index (χ4v) is 2.55. The Hall–Kier alpha value is -2.73. The summed E-state index contributed by atoms with van der Waals surface area (Å²) in [7, 11) is 0. The molecule has 2 aromatic rings. The maximum atomic E-state index is 12.2. The Morgan fingerprint density at radius 3 is 1.96 bits per heavy atom. The fraction of sp³-hybridized carbons (Fsp3) is 0.211. The van der Waals surface area contributed by atoms with Gasteiger partial charge in [-0.25, -0.2) is 4.99 Å². The lowest BCUT2D eigenvalue weighted by Gasteiger charge is -2.20. The second-order valence-electron chi connectivity index (χ2n) is 5.23. The van der Waals surface area contributed by atoms with Crippen molar-refractivity contribution in [2.75, 3.05) is 13.1 Å². The Kier molecular flexibility index (Phi) is 7.10. The first kappa shape index (κ1) is 18.6. The van der Waals surface area contributed by atoms with E-state index in [1.165, 1.54) is 0 Å². The minimum absolute atomic E-state index is 0.238. The van der Waals surface area contributed by atoms with Crippen LogP contribution in [0.1, 0.15) is 29.8 Å². The SMILES string of the molecule is CCN(CC)C(=S)/N=C(/NNC(=O)c1ccccc1)c1ccccc1. The lowest BCUT2D eigenvalue weighted by atomic mass is 10.2. The van der Waals surface area contributed by atoms with E-state index in [-0.39, 0.29) is 5.91 Å². The molecule has 0 radical (unpaired) electrons. The molecule has 6 heteroatoms. The van der Waals surface area contributed by atoms with Crippen LogP contribution in [0.25, 0.3) is 0 Å². The van der Waals surface area contributed by atoms with Crippen LogP contribution in [0.4, 0.5) is 0 Å². The van der Waals surface area contributed by atoms with Crippen molar-refractivity contribution in [2.24, 2.45) is 4.99 Å². The van der Waals surface area contributed by atoms with Gasteiger partial charge in [-0.05, 0) is 38.2 Å². The van der Waals surface area contributed by atoms with Crippen molar-refractivity contribution < 1.29 is 4.79 Å². The van der Waals surface area contributed by atoms with Crippen molar-refractivity contribution in [1.29, 1.82) is 0 Å². The molecule has 5 nitrogen and oxygen atoms in total. The highest BCUT2D eigenvalue weighted by Crippen LogP contribution is 2.03. The van der Waals surface area contributed by atoms with E-state index in [4.69, 9.17) is 12.2 Å². The molecule has 0 aromatic heterocycles. The fourth-order valence-electron chi connectivity index (χ4n) is 2.20. The van der Waals surface area contributed by atoms with Crippen LogP contribution in [-0.4, -0.2) is 34.8 Å². The van der Waals surface area contributed by atoms with Gasteiger partial charge >= 0.3 is 0 Å². The molecule has 0 atom stereocenters. The molecule has 0 fully saturated rings. The number of carbonyl (C=O) groups is 1. The monoisotopic (exact) mass is 354 g/mol. The number of aliphatic imine (C=N–C) groups is 1. The molecule has 0 spiro atoms. The number of nitrogens with one attached hydrogen (secondary N) is 2. The number of rotatable bonds is 4. The summed E-state index contributed by atoms with van der Waals surface area (Å²) >= 11 is 5.41. The molecule has 0 aliphatic carbocycles. The zero-order chi connectivity index (χ0) is 18.1. The minimum Gasteiger partial charge on any atom is -0.348 e. The van der Waals surface area contributed by atoms with Crippen molar-refractivity contribution >= 4 is 29.1 Å². The number of carbonyl (C=O) groups excluding carboxylic acids is 1. The van der Waals surface area contributed by atoms with Gasteiger partial charge in [-0.1, -0.05) is 48.5 Å². The number of amides is 1. The number of thiocarbonyl (C=S) groups is 1. The largest absolute Gasteiger partial charge is 0.348 e. The van der Waals surface area contributed by atoms with Gasteiger partial charge in [0.25, 0.3) is 5.91 Å². The number of hydrogen-bond donors (Lipinski definition) is 2. The molecule has 0 bridgehead atoms. The van der Waals surface area contributed by atoms with Gasteiger partial charge in [-0.15, -0.1) is 0 Å². The van der Waals surface area contributed by atoms with Crippen LogP contribution in [0.5, 0.6) is 0 Å². The Morgan fingerprint density at radius 2 is 1.44 bits per heavy atom. The molecule has 130 valence electrons. The summed E-state index contributed by atoms with van der Waals surface area (Å²) in [4.78, 5) is 18.7. The zero-order valence-corrected chi connectivity index (χ0v) is 15.2. The smallest absolute Gasteiger partial charge is 0.269 e. The highest BCUT2D eigenvalue weighted by molar-refractivity contribution is 7.80. The average molecular weight is 354 g/mol. The Labute approximate surface area is 153 Å². The van der Waals surface area contributed by atoms with Gasteiger partial charge in [0.2, 0.25) is 0 Å². The number of hydrazine groups is 1. The molecular formula is C19H22N4OS. The molecule has 0 aliphatic heterocycles. The van der Waals surface area contributed by atoms with Crippen LogP contribution >= 0.6 is 12.2 Å². The summed E-state index contributed by atoms with van der Waals surface area (Å²) in [5.41, 5.74) is 6.99. The van der Waals surface area contributed by atoms with Crippen LogP contribution in [0, 0.1) is 0 Å². The zero-order valence-electron chi connectivity index (χ0n) is 14.4. The van der Waals surface area contributed by atoms with Gasteiger partial charge in [-0.2, -0.15) is 0 Å². The summed E-state index contributed by atoms with van der Waals surface area (Å²) in [6, 6.07) is 18.5. The summed E-state index contributed by atoms with van der Waals surface area (Å²) in [6.45, 7) is 5.60. The molecule has 1 amide bonds. The first-order valence-corrected chi connectivity index (χ1v) is 8.61. The quantitative estimate of drug-likeness (QED) is 0.384. The second-order valence-corrected chi connectivity index (χ2v) is 5.59. The first-order valence-electron chi connectivity index (χ1n) is 8.20. The van der Waals surface area contributed by atoms with Crippen LogP contribution in [0.3, 0.4) is 0 Å². The van der Waals surface area contributed by atoms with Crippen LogP contribution in [0.2, 0.25) is 0 Å². The second kappa shape index (κ2) is 9.54. The van der Waals surface area contributed by atoms with Crippen molar-refractivity contribution in [1.82, 2.24) is 15.8 Å².